The van der Waals surface area contributed by atoms with Crippen molar-refractivity contribution in [2.24, 2.45) is 5.73 Å². The fraction of sp³-hybridized carbons (Fsp3) is 0.118. The quantitative estimate of drug-likeness (QED) is 0.795. The van der Waals surface area contributed by atoms with Crippen LogP contribution in [0, 0.1) is 5.82 Å². The van der Waals surface area contributed by atoms with E-state index in [1.807, 2.05) is 49.5 Å². The summed E-state index contributed by atoms with van der Waals surface area (Å²) in [6.45, 7) is 1.83. The number of hydrogen-bond acceptors (Lipinski definition) is 2. The molecule has 106 valence electrons. The van der Waals surface area contributed by atoms with E-state index in [9.17, 15) is 4.39 Å². The molecule has 0 aliphatic rings. The molecule has 0 aliphatic carbocycles. The summed E-state index contributed by atoms with van der Waals surface area (Å²) in [6.07, 6.45) is 3.55. The number of hydrogen-bond donors (Lipinski definition) is 1. The van der Waals surface area contributed by atoms with Crippen LogP contribution in [0.3, 0.4) is 0 Å². The van der Waals surface area contributed by atoms with Crippen LogP contribution >= 0.6 is 0 Å². The maximum absolute atomic E-state index is 14.2. The minimum atomic E-state index is -0.326. The standard InChI is InChI=1S/C17H16FN3/c1-12(19)14-7-8-17(16(18)9-14)21-11-15(10-20-21)13-5-3-2-4-6-13/h2-12H,19H2,1H3/t12-/m1/s1. The summed E-state index contributed by atoms with van der Waals surface area (Å²) in [5, 5.41) is 4.24. The van der Waals surface area contributed by atoms with E-state index in [1.54, 1.807) is 16.9 Å². The Morgan fingerprint density at radius 3 is 2.52 bits per heavy atom. The van der Waals surface area contributed by atoms with Crippen LogP contribution in [0.25, 0.3) is 16.8 Å². The Labute approximate surface area is 122 Å². The van der Waals surface area contributed by atoms with Crippen molar-refractivity contribution in [3.05, 3.63) is 72.3 Å². The molecule has 3 rings (SSSR count). The van der Waals surface area contributed by atoms with E-state index in [-0.39, 0.29) is 11.9 Å². The summed E-state index contributed by atoms with van der Waals surface area (Å²) in [4.78, 5) is 0. The van der Waals surface area contributed by atoms with Crippen LogP contribution in [-0.4, -0.2) is 9.78 Å². The topological polar surface area (TPSA) is 43.8 Å². The second-order valence-electron chi connectivity index (χ2n) is 5.04. The highest BCUT2D eigenvalue weighted by Crippen LogP contribution is 2.22. The van der Waals surface area contributed by atoms with E-state index in [4.69, 9.17) is 5.73 Å². The summed E-state index contributed by atoms with van der Waals surface area (Å²) in [5.41, 5.74) is 8.95. The predicted molar refractivity (Wildman–Crippen MR) is 81.6 cm³/mol. The third-order valence-electron chi connectivity index (χ3n) is 3.43. The van der Waals surface area contributed by atoms with Crippen molar-refractivity contribution in [1.29, 1.82) is 0 Å². The van der Waals surface area contributed by atoms with Crippen LogP contribution in [0.1, 0.15) is 18.5 Å². The van der Waals surface area contributed by atoms with Crippen molar-refractivity contribution in [1.82, 2.24) is 9.78 Å². The van der Waals surface area contributed by atoms with Gasteiger partial charge in [0.05, 0.1) is 6.20 Å². The van der Waals surface area contributed by atoms with E-state index < -0.39 is 0 Å². The molecule has 0 unspecified atom stereocenters. The van der Waals surface area contributed by atoms with Crippen LogP contribution in [0.2, 0.25) is 0 Å². The molecule has 2 aromatic carbocycles. The fourth-order valence-corrected chi connectivity index (χ4v) is 2.23. The van der Waals surface area contributed by atoms with Crippen LogP contribution in [0.5, 0.6) is 0 Å². The number of nitrogens with two attached hydrogens (primary N) is 1. The van der Waals surface area contributed by atoms with Gasteiger partial charge in [0, 0.05) is 17.8 Å². The first-order valence-corrected chi connectivity index (χ1v) is 6.80. The van der Waals surface area contributed by atoms with Gasteiger partial charge in [-0.15, -0.1) is 0 Å². The highest BCUT2D eigenvalue weighted by molar-refractivity contribution is 5.62. The molecule has 0 bridgehead atoms. The predicted octanol–water partition coefficient (Wildman–Crippen LogP) is 3.70. The Kier molecular flexibility index (Phi) is 3.54. The summed E-state index contributed by atoms with van der Waals surface area (Å²) in [5.74, 6) is -0.326. The molecule has 0 aliphatic heterocycles. The van der Waals surface area contributed by atoms with Gasteiger partial charge in [-0.25, -0.2) is 9.07 Å². The van der Waals surface area contributed by atoms with Gasteiger partial charge in [0.1, 0.15) is 11.5 Å². The molecule has 3 nitrogen and oxygen atoms in total. The molecule has 0 amide bonds. The number of nitrogens with zero attached hydrogens (tertiary/aromatic N) is 2. The Balaban J connectivity index is 1.97. The number of halogens is 1. The highest BCUT2D eigenvalue weighted by atomic mass is 19.1. The molecule has 1 atom stereocenters. The molecule has 4 heteroatoms. The molecular formula is C17H16FN3. The van der Waals surface area contributed by atoms with E-state index in [1.165, 1.54) is 6.07 Å². The van der Waals surface area contributed by atoms with Crippen molar-refractivity contribution < 1.29 is 4.39 Å². The van der Waals surface area contributed by atoms with Crippen molar-refractivity contribution in [3.8, 4) is 16.8 Å². The molecule has 0 radical (unpaired) electrons. The summed E-state index contributed by atoms with van der Waals surface area (Å²) < 4.78 is 15.7. The SMILES string of the molecule is C[C@@H](N)c1ccc(-n2cc(-c3ccccc3)cn2)c(F)c1. The maximum atomic E-state index is 14.2. The number of rotatable bonds is 3. The van der Waals surface area contributed by atoms with Gasteiger partial charge in [0.25, 0.3) is 0 Å². The van der Waals surface area contributed by atoms with Crippen LogP contribution in [-0.2, 0) is 0 Å². The van der Waals surface area contributed by atoms with Gasteiger partial charge >= 0.3 is 0 Å². The van der Waals surface area contributed by atoms with Gasteiger partial charge < -0.3 is 5.73 Å². The number of aromatic nitrogens is 2. The van der Waals surface area contributed by atoms with Crippen LogP contribution in [0.15, 0.2) is 60.9 Å². The molecule has 2 N–H and O–H groups in total. The first-order chi connectivity index (χ1) is 10.1. The zero-order valence-corrected chi connectivity index (χ0v) is 11.7. The van der Waals surface area contributed by atoms with Gasteiger partial charge in [-0.05, 0) is 30.2 Å². The smallest absolute Gasteiger partial charge is 0.149 e. The Morgan fingerprint density at radius 1 is 1.10 bits per heavy atom. The molecule has 3 aromatic rings. The van der Waals surface area contributed by atoms with Crippen LogP contribution < -0.4 is 5.73 Å². The van der Waals surface area contributed by atoms with E-state index >= 15 is 0 Å². The minimum absolute atomic E-state index is 0.189. The van der Waals surface area contributed by atoms with Crippen molar-refractivity contribution in [2.75, 3.05) is 0 Å². The van der Waals surface area contributed by atoms with Crippen molar-refractivity contribution >= 4 is 0 Å². The minimum Gasteiger partial charge on any atom is -0.324 e. The molecule has 0 fully saturated rings. The molecule has 0 saturated carbocycles. The van der Waals surface area contributed by atoms with E-state index in [0.717, 1.165) is 16.7 Å². The fourth-order valence-electron chi connectivity index (χ4n) is 2.23. The Hall–Kier alpha value is -2.46. The first kappa shape index (κ1) is 13.5. The maximum Gasteiger partial charge on any atom is 0.149 e. The largest absolute Gasteiger partial charge is 0.324 e. The lowest BCUT2D eigenvalue weighted by atomic mass is 10.1. The van der Waals surface area contributed by atoms with E-state index in [2.05, 4.69) is 5.10 Å². The van der Waals surface area contributed by atoms with E-state index in [0.29, 0.717) is 5.69 Å². The van der Waals surface area contributed by atoms with Gasteiger partial charge in [-0.3, -0.25) is 0 Å². The molecule has 1 heterocycles. The lowest BCUT2D eigenvalue weighted by molar-refractivity contribution is 0.606. The Morgan fingerprint density at radius 2 is 1.86 bits per heavy atom. The van der Waals surface area contributed by atoms with Gasteiger partial charge in [-0.1, -0.05) is 36.4 Å². The second-order valence-corrected chi connectivity index (χ2v) is 5.04. The zero-order chi connectivity index (χ0) is 14.8. The molecule has 21 heavy (non-hydrogen) atoms. The highest BCUT2D eigenvalue weighted by Gasteiger charge is 2.10. The van der Waals surface area contributed by atoms with Crippen LogP contribution in [0.4, 0.5) is 4.39 Å². The average molecular weight is 281 g/mol. The summed E-state index contributed by atoms with van der Waals surface area (Å²) >= 11 is 0. The summed E-state index contributed by atoms with van der Waals surface area (Å²) in [7, 11) is 0. The lowest BCUT2D eigenvalue weighted by Gasteiger charge is -2.08. The number of benzene rings is 2. The molecule has 1 aromatic heterocycles. The third kappa shape index (κ3) is 2.71. The average Bonchev–Trinajstić information content (AvgIpc) is 2.97. The first-order valence-electron chi connectivity index (χ1n) is 6.80. The van der Waals surface area contributed by atoms with Crippen molar-refractivity contribution in [2.45, 2.75) is 13.0 Å². The van der Waals surface area contributed by atoms with Gasteiger partial charge in [0.2, 0.25) is 0 Å². The second kappa shape index (κ2) is 5.50. The van der Waals surface area contributed by atoms with Crippen molar-refractivity contribution in [3.63, 3.8) is 0 Å². The van der Waals surface area contributed by atoms with Gasteiger partial charge in [-0.2, -0.15) is 5.10 Å². The monoisotopic (exact) mass is 281 g/mol. The third-order valence-corrected chi connectivity index (χ3v) is 3.43. The summed E-state index contributed by atoms with van der Waals surface area (Å²) in [6, 6.07) is 14.7. The van der Waals surface area contributed by atoms with Gasteiger partial charge in [0.15, 0.2) is 0 Å². The lowest BCUT2D eigenvalue weighted by Crippen LogP contribution is -2.06. The molecule has 0 saturated heterocycles. The molecular weight excluding hydrogens is 265 g/mol. The molecule has 0 spiro atoms. The normalized spacial score (nSPS) is 12.3. The Bertz CT molecular complexity index is 748. The zero-order valence-electron chi connectivity index (χ0n) is 11.7.